The number of aryl methyl sites for hydroxylation is 1. The largest absolute Gasteiger partial charge is 0.454 e. The van der Waals surface area contributed by atoms with E-state index >= 15 is 0 Å². The Labute approximate surface area is 216 Å². The first-order valence-electron chi connectivity index (χ1n) is 11.1. The second-order valence-electron chi connectivity index (χ2n) is 8.98. The summed E-state index contributed by atoms with van der Waals surface area (Å²) in [5.74, 6) is 1.59. The topological polar surface area (TPSA) is 147 Å². The number of hydrogen-bond acceptors (Lipinski definition) is 11. The van der Waals surface area contributed by atoms with Crippen molar-refractivity contribution in [1.82, 2.24) is 29.2 Å². The Morgan fingerprint density at radius 1 is 1.19 bits per heavy atom. The molecule has 0 saturated heterocycles. The lowest BCUT2D eigenvalue weighted by molar-refractivity contribution is 0.174. The summed E-state index contributed by atoms with van der Waals surface area (Å²) < 4.78 is 39.8. The number of nitrogen functional groups attached to an aromatic ring is 1. The Hall–Kier alpha value is -2.94. The van der Waals surface area contributed by atoms with Gasteiger partial charge in [-0.05, 0) is 39.3 Å². The lowest BCUT2D eigenvalue weighted by Crippen LogP contribution is -2.39. The predicted octanol–water partition coefficient (Wildman–Crippen LogP) is 3.52. The molecule has 1 aliphatic heterocycles. The summed E-state index contributed by atoms with van der Waals surface area (Å²) in [6.45, 7) is 5.91. The maximum Gasteiger partial charge on any atom is 0.231 e. The van der Waals surface area contributed by atoms with Crippen LogP contribution in [0, 0.1) is 0 Å². The Morgan fingerprint density at radius 2 is 1.97 bits per heavy atom. The summed E-state index contributed by atoms with van der Waals surface area (Å²) in [6, 6.07) is 3.84. The van der Waals surface area contributed by atoms with Crippen LogP contribution in [-0.4, -0.2) is 51.0 Å². The number of imidazole rings is 1. The summed E-state index contributed by atoms with van der Waals surface area (Å²) in [5, 5.41) is 3.40. The van der Waals surface area contributed by atoms with E-state index in [1.54, 1.807) is 27.0 Å². The molecule has 1 aromatic carbocycles. The van der Waals surface area contributed by atoms with Gasteiger partial charge in [-0.3, -0.25) is 0 Å². The summed E-state index contributed by atoms with van der Waals surface area (Å²) in [5.41, 5.74) is 8.07. The lowest BCUT2D eigenvalue weighted by Gasteiger charge is -2.19. The highest BCUT2D eigenvalue weighted by atomic mass is 32.2. The minimum absolute atomic E-state index is 0.163. The van der Waals surface area contributed by atoms with Gasteiger partial charge in [0.05, 0.1) is 4.75 Å². The van der Waals surface area contributed by atoms with E-state index < -0.39 is 14.8 Å². The first-order valence-corrected chi connectivity index (χ1v) is 14.3. The van der Waals surface area contributed by atoms with Crippen LogP contribution in [0.25, 0.3) is 21.7 Å². The van der Waals surface area contributed by atoms with Crippen LogP contribution in [0.4, 0.5) is 5.82 Å². The van der Waals surface area contributed by atoms with Crippen molar-refractivity contribution < 1.29 is 17.9 Å². The fraction of sp³-hybridized carbons (Fsp3) is 0.364. The number of thiazole rings is 1. The molecule has 0 saturated carbocycles. The number of benzene rings is 1. The second-order valence-corrected chi connectivity index (χ2v) is 13.4. The van der Waals surface area contributed by atoms with Crippen molar-refractivity contribution in [2.24, 2.45) is 0 Å². The van der Waals surface area contributed by atoms with Crippen LogP contribution in [0.5, 0.6) is 11.5 Å². The molecule has 11 nitrogen and oxygen atoms in total. The smallest absolute Gasteiger partial charge is 0.231 e. The average molecular weight is 548 g/mol. The zero-order chi connectivity index (χ0) is 25.5. The molecular weight excluding hydrogens is 522 g/mol. The fourth-order valence-electron chi connectivity index (χ4n) is 3.50. The van der Waals surface area contributed by atoms with Gasteiger partial charge in [0, 0.05) is 35.1 Å². The van der Waals surface area contributed by atoms with Gasteiger partial charge in [-0.2, -0.15) is 0 Å². The molecule has 3 aromatic heterocycles. The molecule has 5 rings (SSSR count). The number of fused-ring (bicyclic) bond motifs is 2. The Morgan fingerprint density at radius 3 is 2.69 bits per heavy atom. The van der Waals surface area contributed by atoms with Crippen molar-refractivity contribution in [3.05, 3.63) is 30.0 Å². The first-order chi connectivity index (χ1) is 17.1. The minimum atomic E-state index is -3.44. The molecule has 0 unspecified atom stereocenters. The molecule has 4 aromatic rings. The van der Waals surface area contributed by atoms with Crippen molar-refractivity contribution in [2.75, 3.05) is 19.1 Å². The van der Waals surface area contributed by atoms with Gasteiger partial charge in [0.25, 0.3) is 0 Å². The maximum absolute atomic E-state index is 12.4. The number of ether oxygens (including phenoxy) is 2. The van der Waals surface area contributed by atoms with E-state index in [1.807, 2.05) is 22.1 Å². The van der Waals surface area contributed by atoms with Crippen LogP contribution < -0.4 is 19.9 Å². The van der Waals surface area contributed by atoms with Gasteiger partial charge in [-0.15, -0.1) is 11.3 Å². The zero-order valence-electron chi connectivity index (χ0n) is 19.9. The molecule has 4 heterocycles. The first kappa shape index (κ1) is 24.7. The van der Waals surface area contributed by atoms with Crippen LogP contribution in [0.1, 0.15) is 27.2 Å². The summed E-state index contributed by atoms with van der Waals surface area (Å²) in [6.07, 6.45) is 3.68. The number of nitrogens with two attached hydrogens (primary N) is 1. The Balaban J connectivity index is 1.48. The fourth-order valence-corrected chi connectivity index (χ4v) is 6.14. The third kappa shape index (κ3) is 4.73. The van der Waals surface area contributed by atoms with Crippen molar-refractivity contribution in [2.45, 2.75) is 48.5 Å². The van der Waals surface area contributed by atoms with Gasteiger partial charge in [-0.25, -0.2) is 33.1 Å². The molecule has 3 N–H and O–H groups in total. The molecule has 0 atom stereocenters. The normalized spacial score (nSPS) is 13.5. The van der Waals surface area contributed by atoms with Gasteiger partial charge in [0.15, 0.2) is 33.6 Å². The average Bonchev–Trinajstić information content (AvgIpc) is 3.56. The number of anilines is 1. The number of hydrogen-bond donors (Lipinski definition) is 2. The molecule has 14 heteroatoms. The standard InChI is InChI=1S/C22H25N7O4S3/c1-22(2,3)36(30,31)27-5-4-7-29-19-17(18(23)25-11-26-19)28-21(29)35-16-10-15-14(32-12-33-15)9-13(16)20-24-6-8-34-20/h6,8-11,27H,4-5,7,12H2,1-3H3,(H2,23,25,26). The molecule has 0 radical (unpaired) electrons. The Kier molecular flexibility index (Phi) is 6.53. The number of aromatic nitrogens is 5. The van der Waals surface area contributed by atoms with Crippen molar-refractivity contribution in [1.29, 1.82) is 0 Å². The minimum Gasteiger partial charge on any atom is -0.454 e. The van der Waals surface area contributed by atoms with Gasteiger partial charge < -0.3 is 19.8 Å². The van der Waals surface area contributed by atoms with Gasteiger partial charge in [0.1, 0.15) is 11.3 Å². The number of sulfonamides is 1. The molecule has 190 valence electrons. The van der Waals surface area contributed by atoms with Crippen molar-refractivity contribution >= 4 is 50.1 Å². The maximum atomic E-state index is 12.4. The number of rotatable bonds is 8. The molecule has 1 aliphatic rings. The van der Waals surface area contributed by atoms with Crippen molar-refractivity contribution in [3.63, 3.8) is 0 Å². The molecule has 0 aliphatic carbocycles. The van der Waals surface area contributed by atoms with Crippen LogP contribution in [-0.2, 0) is 16.6 Å². The quantitative estimate of drug-likeness (QED) is 0.314. The molecule has 36 heavy (non-hydrogen) atoms. The second kappa shape index (κ2) is 9.50. The third-order valence-electron chi connectivity index (χ3n) is 5.52. The van der Waals surface area contributed by atoms with Gasteiger partial charge in [0.2, 0.25) is 16.8 Å². The predicted molar refractivity (Wildman–Crippen MR) is 139 cm³/mol. The van der Waals surface area contributed by atoms with Crippen LogP contribution in [0.3, 0.4) is 0 Å². The SMILES string of the molecule is CC(C)(C)S(=O)(=O)NCCCn1c(Sc2cc3c(cc2-c2nccs2)OCO3)nc2c(N)ncnc21. The molecule has 0 amide bonds. The number of nitrogens with zero attached hydrogens (tertiary/aromatic N) is 5. The lowest BCUT2D eigenvalue weighted by atomic mass is 10.2. The highest BCUT2D eigenvalue weighted by Gasteiger charge is 2.28. The highest BCUT2D eigenvalue weighted by molar-refractivity contribution is 7.99. The molecule has 0 fully saturated rings. The van der Waals surface area contributed by atoms with E-state index in [-0.39, 0.29) is 19.2 Å². The van der Waals surface area contributed by atoms with E-state index in [9.17, 15) is 8.42 Å². The summed E-state index contributed by atoms with van der Waals surface area (Å²) in [7, 11) is -3.44. The van der Waals surface area contributed by atoms with E-state index in [0.29, 0.717) is 40.8 Å². The molecular formula is C22H25N7O4S3. The third-order valence-corrected chi connectivity index (χ3v) is 9.58. The molecule has 0 bridgehead atoms. The van der Waals surface area contributed by atoms with E-state index in [4.69, 9.17) is 20.2 Å². The summed E-state index contributed by atoms with van der Waals surface area (Å²) in [4.78, 5) is 18.6. The van der Waals surface area contributed by atoms with E-state index in [2.05, 4.69) is 19.7 Å². The monoisotopic (exact) mass is 547 g/mol. The number of nitrogens with one attached hydrogen (secondary N) is 1. The van der Waals surface area contributed by atoms with Gasteiger partial charge >= 0.3 is 0 Å². The van der Waals surface area contributed by atoms with Gasteiger partial charge in [-0.1, -0.05) is 11.8 Å². The van der Waals surface area contributed by atoms with Crippen molar-refractivity contribution in [3.8, 4) is 22.1 Å². The van der Waals surface area contributed by atoms with Crippen LogP contribution in [0.15, 0.2) is 40.1 Å². The van der Waals surface area contributed by atoms with Crippen LogP contribution >= 0.6 is 23.1 Å². The highest BCUT2D eigenvalue weighted by Crippen LogP contribution is 2.45. The van der Waals surface area contributed by atoms with E-state index in [1.165, 1.54) is 29.4 Å². The Bertz CT molecular complexity index is 1510. The van der Waals surface area contributed by atoms with E-state index in [0.717, 1.165) is 15.5 Å². The van der Waals surface area contributed by atoms with Crippen LogP contribution in [0.2, 0.25) is 0 Å². The molecule has 0 spiro atoms. The zero-order valence-corrected chi connectivity index (χ0v) is 22.3. The summed E-state index contributed by atoms with van der Waals surface area (Å²) >= 11 is 2.95.